The highest BCUT2D eigenvalue weighted by Gasteiger charge is 2.36. The van der Waals surface area contributed by atoms with Crippen molar-refractivity contribution in [1.82, 2.24) is 4.57 Å². The minimum atomic E-state index is -0.206. The lowest BCUT2D eigenvalue weighted by atomic mass is 9.81. The van der Waals surface area contributed by atoms with Gasteiger partial charge < -0.3 is 9.47 Å². The third-order valence-corrected chi connectivity index (χ3v) is 13.6. The number of nitrogens with zero attached hydrogens (tertiary/aromatic N) is 2. The van der Waals surface area contributed by atoms with Gasteiger partial charge in [0.1, 0.15) is 0 Å². The van der Waals surface area contributed by atoms with Crippen LogP contribution in [0, 0.1) is 0 Å². The summed E-state index contributed by atoms with van der Waals surface area (Å²) >= 11 is 0. The Bertz CT molecular complexity index is 3710. The predicted molar refractivity (Wildman–Crippen MR) is 260 cm³/mol. The maximum absolute atomic E-state index is 2.48. The summed E-state index contributed by atoms with van der Waals surface area (Å²) in [5.41, 5.74) is 14.7. The van der Waals surface area contributed by atoms with Gasteiger partial charge >= 0.3 is 0 Å². The molecule has 1 aliphatic carbocycles. The van der Waals surface area contributed by atoms with Crippen molar-refractivity contribution in [1.29, 1.82) is 0 Å². The van der Waals surface area contributed by atoms with Gasteiger partial charge in [-0.15, -0.1) is 0 Å². The van der Waals surface area contributed by atoms with Crippen molar-refractivity contribution < 1.29 is 0 Å². The number of rotatable bonds is 5. The molecule has 61 heavy (non-hydrogen) atoms. The topological polar surface area (TPSA) is 8.17 Å². The van der Waals surface area contributed by atoms with Crippen LogP contribution in [0.2, 0.25) is 0 Å². The summed E-state index contributed by atoms with van der Waals surface area (Å²) in [5.74, 6) is 0. The molecule has 11 aromatic carbocycles. The maximum Gasteiger partial charge on any atom is 0.0553 e. The quantitative estimate of drug-likeness (QED) is 0.158. The molecule has 1 aliphatic rings. The maximum atomic E-state index is 2.48. The second-order valence-corrected chi connectivity index (χ2v) is 17.3. The molecule has 0 unspecified atom stereocenters. The Hall–Kier alpha value is -7.68. The number of aromatic nitrogens is 1. The third kappa shape index (κ3) is 4.97. The van der Waals surface area contributed by atoms with Crippen molar-refractivity contribution in [2.45, 2.75) is 19.3 Å². The van der Waals surface area contributed by atoms with Gasteiger partial charge in [0.25, 0.3) is 0 Å². The van der Waals surface area contributed by atoms with Crippen molar-refractivity contribution in [2.75, 3.05) is 4.90 Å². The fourth-order valence-electron chi connectivity index (χ4n) is 10.7. The second-order valence-electron chi connectivity index (χ2n) is 17.3. The minimum absolute atomic E-state index is 0.206. The Morgan fingerprint density at radius 3 is 1.77 bits per heavy atom. The molecule has 0 radical (unpaired) electrons. The number of para-hydroxylation sites is 2. The second kappa shape index (κ2) is 12.7. The molecule has 0 amide bonds. The Balaban J connectivity index is 0.958. The average molecular weight is 777 g/mol. The van der Waals surface area contributed by atoms with Crippen LogP contribution in [0.25, 0.3) is 92.8 Å². The minimum Gasteiger partial charge on any atom is -0.310 e. The number of hydrogen-bond donors (Lipinski definition) is 0. The van der Waals surface area contributed by atoms with Crippen LogP contribution in [0.3, 0.4) is 0 Å². The highest BCUT2D eigenvalue weighted by molar-refractivity contribution is 6.33. The summed E-state index contributed by atoms with van der Waals surface area (Å²) in [6, 6.07) is 76.7. The molecule has 0 atom stereocenters. The molecule has 0 fully saturated rings. The van der Waals surface area contributed by atoms with Crippen LogP contribution in [-0.2, 0) is 5.41 Å². The molecule has 0 N–H and O–H groups in total. The molecule has 1 heterocycles. The number of benzene rings is 11. The van der Waals surface area contributed by atoms with Crippen molar-refractivity contribution in [3.05, 3.63) is 217 Å². The molecule has 286 valence electrons. The van der Waals surface area contributed by atoms with Gasteiger partial charge in [-0.05, 0) is 143 Å². The lowest BCUT2D eigenvalue weighted by Crippen LogP contribution is -2.16. The van der Waals surface area contributed by atoms with E-state index in [1.807, 2.05) is 0 Å². The van der Waals surface area contributed by atoms with Crippen LogP contribution in [0.15, 0.2) is 206 Å². The smallest absolute Gasteiger partial charge is 0.0553 e. The van der Waals surface area contributed by atoms with Gasteiger partial charge in [-0.25, -0.2) is 0 Å². The normalized spacial score (nSPS) is 13.2. The number of fused-ring (bicyclic) bond motifs is 8. The summed E-state index contributed by atoms with van der Waals surface area (Å²) < 4.78 is 2.48. The van der Waals surface area contributed by atoms with E-state index in [4.69, 9.17) is 0 Å². The molecule has 0 spiro atoms. The van der Waals surface area contributed by atoms with Gasteiger partial charge in [0.15, 0.2) is 0 Å². The fraction of sp³-hybridized carbons (Fsp3) is 0.0508. The molecule has 0 saturated carbocycles. The zero-order valence-electron chi connectivity index (χ0n) is 34.0. The zero-order valence-corrected chi connectivity index (χ0v) is 34.0. The molecular formula is C59H40N2. The van der Waals surface area contributed by atoms with Crippen molar-refractivity contribution in [2.24, 2.45) is 0 Å². The lowest BCUT2D eigenvalue weighted by Gasteiger charge is -2.28. The molecule has 0 aliphatic heterocycles. The Morgan fingerprint density at radius 1 is 0.361 bits per heavy atom. The fourth-order valence-corrected chi connectivity index (χ4v) is 10.7. The first-order chi connectivity index (χ1) is 30.0. The monoisotopic (exact) mass is 776 g/mol. The molecule has 1 aromatic heterocycles. The van der Waals surface area contributed by atoms with E-state index in [0.717, 1.165) is 17.1 Å². The Labute approximate surface area is 354 Å². The van der Waals surface area contributed by atoms with Gasteiger partial charge in [-0.1, -0.05) is 153 Å². The van der Waals surface area contributed by atoms with Crippen LogP contribution in [-0.4, -0.2) is 4.57 Å². The molecule has 0 bridgehead atoms. The van der Waals surface area contributed by atoms with E-state index in [0.29, 0.717) is 0 Å². The summed E-state index contributed by atoms with van der Waals surface area (Å²) in [5, 5.41) is 12.9. The van der Waals surface area contributed by atoms with Crippen LogP contribution >= 0.6 is 0 Å². The zero-order chi connectivity index (χ0) is 40.4. The standard InChI is InChI=1S/C59H40N2/c1-59(2)52-33-41(24-28-48(52)49-31-27-47(36-53(49)59)60(44-16-5-3-6-17-44)46-26-22-37-12-9-10-13-40(37)32-46)42-25-29-50-54(34-42)61(45-18-7-4-8-19-45)55-35-43-21-20-38-14-11-15-39-23-30-51(58(50)55)57(43)56(38)39/h3-36H,1-2H3. The number of hydrogen-bond acceptors (Lipinski definition) is 1. The first kappa shape index (κ1) is 34.2. The molecule has 0 saturated heterocycles. The first-order valence-corrected chi connectivity index (χ1v) is 21.3. The predicted octanol–water partition coefficient (Wildman–Crippen LogP) is 16.3. The lowest BCUT2D eigenvalue weighted by molar-refractivity contribution is 0.660. The molecule has 13 rings (SSSR count). The van der Waals surface area contributed by atoms with Crippen LogP contribution in [0.1, 0.15) is 25.0 Å². The molecular weight excluding hydrogens is 737 g/mol. The van der Waals surface area contributed by atoms with E-state index in [2.05, 4.69) is 230 Å². The summed E-state index contributed by atoms with van der Waals surface area (Å²) in [6.07, 6.45) is 0. The Kier molecular flexibility index (Phi) is 7.10. The molecule has 2 heteroatoms. The SMILES string of the molecule is CC1(C)c2cc(-c3ccc4c5c6ccc7cccc8ccc(cc5n(-c5ccccc5)c4c3)c6c87)ccc2-c2ccc(N(c3ccccc3)c3ccc4ccccc4c3)cc21. The van der Waals surface area contributed by atoms with Crippen molar-refractivity contribution in [3.8, 4) is 27.9 Å². The van der Waals surface area contributed by atoms with E-state index in [1.165, 1.54) is 104 Å². The molecule has 12 aromatic rings. The van der Waals surface area contributed by atoms with Gasteiger partial charge in [-0.2, -0.15) is 0 Å². The van der Waals surface area contributed by atoms with Crippen LogP contribution < -0.4 is 4.90 Å². The highest BCUT2D eigenvalue weighted by Crippen LogP contribution is 2.52. The van der Waals surface area contributed by atoms with Gasteiger partial charge in [-0.3, -0.25) is 0 Å². The van der Waals surface area contributed by atoms with E-state index >= 15 is 0 Å². The Morgan fingerprint density at radius 2 is 0.951 bits per heavy atom. The van der Waals surface area contributed by atoms with Gasteiger partial charge in [0, 0.05) is 38.9 Å². The van der Waals surface area contributed by atoms with Gasteiger partial charge in [0.05, 0.1) is 11.0 Å². The van der Waals surface area contributed by atoms with Crippen molar-refractivity contribution in [3.63, 3.8) is 0 Å². The first-order valence-electron chi connectivity index (χ1n) is 21.3. The highest BCUT2D eigenvalue weighted by atomic mass is 15.1. The largest absolute Gasteiger partial charge is 0.310 e. The number of anilines is 3. The summed E-state index contributed by atoms with van der Waals surface area (Å²) in [4.78, 5) is 2.40. The van der Waals surface area contributed by atoms with E-state index in [9.17, 15) is 0 Å². The van der Waals surface area contributed by atoms with Crippen LogP contribution in [0.5, 0.6) is 0 Å². The van der Waals surface area contributed by atoms with E-state index in [-0.39, 0.29) is 5.41 Å². The summed E-state index contributed by atoms with van der Waals surface area (Å²) in [7, 11) is 0. The van der Waals surface area contributed by atoms with E-state index in [1.54, 1.807) is 0 Å². The third-order valence-electron chi connectivity index (χ3n) is 13.6. The summed E-state index contributed by atoms with van der Waals surface area (Å²) in [6.45, 7) is 4.78. The molecule has 2 nitrogen and oxygen atoms in total. The average Bonchev–Trinajstić information content (AvgIpc) is 3.75. The van der Waals surface area contributed by atoms with Crippen LogP contribution in [0.4, 0.5) is 17.1 Å². The van der Waals surface area contributed by atoms with Gasteiger partial charge in [0.2, 0.25) is 0 Å². The van der Waals surface area contributed by atoms with Crippen molar-refractivity contribution >= 4 is 82.0 Å². The van der Waals surface area contributed by atoms with E-state index < -0.39 is 0 Å².